The average molecular weight is 1310 g/mol. The Hall–Kier alpha value is -10.7. The third-order valence-electron chi connectivity index (χ3n) is 15.7. The maximum absolute atomic E-state index is 9.43. The van der Waals surface area contributed by atoms with Crippen LogP contribution in [0.3, 0.4) is 0 Å². The molecule has 0 saturated carbocycles. The summed E-state index contributed by atoms with van der Waals surface area (Å²) >= 11 is 16.5. The summed E-state index contributed by atoms with van der Waals surface area (Å²) in [6.45, 7) is 0. The van der Waals surface area contributed by atoms with Crippen LogP contribution in [0.4, 0.5) is 0 Å². The van der Waals surface area contributed by atoms with Crippen molar-refractivity contribution < 1.29 is 10.0 Å². The lowest BCUT2D eigenvalue weighted by molar-refractivity contribution is 0.426. The molecule has 0 aliphatic rings. The number of para-hydroxylation sites is 4. The van der Waals surface area contributed by atoms with Crippen LogP contribution in [-0.4, -0.2) is 56.2 Å². The minimum Gasteiger partial charge on any atom is -0.423 e. The number of hydrogen-bond acceptors (Lipinski definition) is 8. The average Bonchev–Trinajstić information content (AvgIpc) is 1.61. The molecule has 0 amide bonds. The van der Waals surface area contributed by atoms with E-state index in [1.54, 1.807) is 6.07 Å². The second-order valence-corrected chi connectivity index (χ2v) is 23.5. The number of aromatic nitrogens is 8. The first-order valence-corrected chi connectivity index (χ1v) is 31.3. The van der Waals surface area contributed by atoms with Crippen LogP contribution in [0.15, 0.2) is 308 Å². The minimum absolute atomic E-state index is 0. The van der Waals surface area contributed by atoms with E-state index >= 15 is 0 Å². The van der Waals surface area contributed by atoms with Gasteiger partial charge in [-0.3, -0.25) is 0 Å². The highest BCUT2D eigenvalue weighted by molar-refractivity contribution is 9.10. The van der Waals surface area contributed by atoms with E-state index in [-0.39, 0.29) is 7.43 Å². The Labute approximate surface area is 556 Å². The summed E-state index contributed by atoms with van der Waals surface area (Å²) in [6, 6.07) is 101. The fourth-order valence-corrected chi connectivity index (χ4v) is 12.6. The van der Waals surface area contributed by atoms with E-state index in [0.717, 1.165) is 87.7 Å². The number of halogens is 3. The molecule has 4 aromatic heterocycles. The first-order valence-electron chi connectivity index (χ1n) is 29.7. The molecule has 0 aliphatic heterocycles. The van der Waals surface area contributed by atoms with Gasteiger partial charge in [0, 0.05) is 80.8 Å². The topological polar surface area (TPSA) is 128 Å². The van der Waals surface area contributed by atoms with Gasteiger partial charge in [-0.1, -0.05) is 259 Å². The van der Waals surface area contributed by atoms with Gasteiger partial charge < -0.3 is 19.2 Å². The largest absolute Gasteiger partial charge is 0.488 e. The zero-order valence-electron chi connectivity index (χ0n) is 49.1. The molecule has 14 heteroatoms. The lowest BCUT2D eigenvalue weighted by Gasteiger charge is -2.11. The van der Waals surface area contributed by atoms with Crippen molar-refractivity contribution >= 4 is 95.3 Å². The Morgan fingerprint density at radius 2 is 0.602 bits per heavy atom. The Kier molecular flexibility index (Phi) is 18.0. The van der Waals surface area contributed by atoms with Crippen LogP contribution in [0.5, 0.6) is 0 Å². The van der Waals surface area contributed by atoms with Gasteiger partial charge in [0.15, 0.2) is 34.9 Å². The fraction of sp³-hybridized carbons (Fsp3) is 0.0127. The maximum atomic E-state index is 9.43. The van der Waals surface area contributed by atoms with Crippen LogP contribution >= 0.6 is 39.1 Å². The Bertz CT molecular complexity index is 5170. The predicted molar refractivity (Wildman–Crippen MR) is 387 cm³/mol. The normalized spacial score (nSPS) is 11.0. The molecular formula is C79H56BBrCl2N8O2. The molecule has 0 saturated heterocycles. The molecule has 10 nitrogen and oxygen atoms in total. The monoisotopic (exact) mass is 1310 g/mol. The van der Waals surface area contributed by atoms with Gasteiger partial charge in [-0.15, -0.1) is 0 Å². The molecule has 0 aliphatic carbocycles. The van der Waals surface area contributed by atoms with Crippen LogP contribution in [0.25, 0.3) is 134 Å². The van der Waals surface area contributed by atoms with Crippen molar-refractivity contribution in [3.05, 3.63) is 318 Å². The number of rotatable bonds is 10. The van der Waals surface area contributed by atoms with Gasteiger partial charge in [0.25, 0.3) is 0 Å². The highest BCUT2D eigenvalue weighted by Crippen LogP contribution is 2.38. The molecule has 0 fully saturated rings. The fourth-order valence-electron chi connectivity index (χ4n) is 11.5. The molecule has 12 aromatic carbocycles. The summed E-state index contributed by atoms with van der Waals surface area (Å²) in [5.74, 6) is 3.65. The molecule has 16 rings (SSSR count). The van der Waals surface area contributed by atoms with E-state index in [0.29, 0.717) is 50.5 Å². The second-order valence-electron chi connectivity index (χ2n) is 21.7. The van der Waals surface area contributed by atoms with Gasteiger partial charge in [0.1, 0.15) is 0 Å². The lowest BCUT2D eigenvalue weighted by Crippen LogP contribution is -2.29. The SMILES string of the molecule is C.Clc1cc(-c2ccc3c(c2)c2ccccc2n3-c2ccccc2)cc(-c2nc(-c3ccccc3)nc(-c3ccccc3)n2)c1.Clc1cc(Br)cc(-c2nc(-c3ccccc3)nc(-c3ccccc3)n2)c1.OB(O)c1ccc2c(c1)c1ccccc1n2-c1ccccc1. The Morgan fingerprint density at radius 3 is 1.01 bits per heavy atom. The smallest absolute Gasteiger partial charge is 0.423 e. The van der Waals surface area contributed by atoms with E-state index in [1.807, 2.05) is 200 Å². The number of hydrogen-bond donors (Lipinski definition) is 2. The Balaban J connectivity index is 0.000000137. The predicted octanol–water partition coefficient (Wildman–Crippen LogP) is 19.7. The number of benzene rings is 12. The van der Waals surface area contributed by atoms with Crippen molar-refractivity contribution in [2.24, 2.45) is 0 Å². The van der Waals surface area contributed by atoms with E-state index in [4.69, 9.17) is 38.2 Å². The summed E-state index contributed by atoms with van der Waals surface area (Å²) in [4.78, 5) is 28.7. The van der Waals surface area contributed by atoms with E-state index < -0.39 is 7.12 Å². The quantitative estimate of drug-likeness (QED) is 0.130. The first kappa shape index (κ1) is 61.2. The molecule has 448 valence electrons. The molecule has 0 spiro atoms. The molecule has 2 N–H and O–H groups in total. The van der Waals surface area contributed by atoms with E-state index in [2.05, 4.69) is 137 Å². The lowest BCUT2D eigenvalue weighted by atomic mass is 9.80. The molecule has 0 radical (unpaired) electrons. The van der Waals surface area contributed by atoms with Gasteiger partial charge in [0.2, 0.25) is 0 Å². The molecule has 0 atom stereocenters. The zero-order valence-corrected chi connectivity index (χ0v) is 52.1. The standard InChI is InChI=1S/C39H25ClN4.C21H13BrClN3.C18H14BNO2.CH4/c40-31-23-29(28-20-21-36-34(25-28)33-18-10-11-19-35(33)44(36)32-16-8-3-9-17-32)22-30(24-31)39-42-37(26-12-4-1-5-13-26)41-38(43-39)27-14-6-2-7-15-27;22-17-11-16(12-18(23)13-17)21-25-19(14-7-3-1-4-8-14)24-20(26-21)15-9-5-2-6-10-15;21-19(22)13-10-11-18-16(12-13)15-8-4-5-9-17(15)20(18)14-6-2-1-3-7-14;/h1-25H;1-13H;1-12,21-22H;1H4. The maximum Gasteiger partial charge on any atom is 0.488 e. The molecule has 0 bridgehead atoms. The third kappa shape index (κ3) is 13.1. The number of fused-ring (bicyclic) bond motifs is 6. The van der Waals surface area contributed by atoms with Crippen LogP contribution in [0, 0.1) is 0 Å². The van der Waals surface area contributed by atoms with E-state index in [1.165, 1.54) is 16.3 Å². The summed E-state index contributed by atoms with van der Waals surface area (Å²) in [6.07, 6.45) is 0. The third-order valence-corrected chi connectivity index (χ3v) is 16.6. The van der Waals surface area contributed by atoms with Crippen LogP contribution < -0.4 is 5.46 Å². The van der Waals surface area contributed by atoms with E-state index in [9.17, 15) is 10.0 Å². The molecule has 4 heterocycles. The van der Waals surface area contributed by atoms with Gasteiger partial charge in [0.05, 0.1) is 22.1 Å². The van der Waals surface area contributed by atoms with Crippen LogP contribution in [-0.2, 0) is 0 Å². The van der Waals surface area contributed by atoms with Gasteiger partial charge in [-0.25, -0.2) is 29.9 Å². The van der Waals surface area contributed by atoms with Crippen molar-refractivity contribution in [2.45, 2.75) is 7.43 Å². The van der Waals surface area contributed by atoms with Gasteiger partial charge in [-0.05, 0) is 108 Å². The molecule has 16 aromatic rings. The molecule has 0 unspecified atom stereocenters. The van der Waals surface area contributed by atoms with Gasteiger partial charge in [-0.2, -0.15) is 0 Å². The van der Waals surface area contributed by atoms with Crippen molar-refractivity contribution in [1.82, 2.24) is 39.0 Å². The second kappa shape index (κ2) is 27.4. The first-order chi connectivity index (χ1) is 45.1. The summed E-state index contributed by atoms with van der Waals surface area (Å²) in [7, 11) is -1.46. The Morgan fingerprint density at radius 1 is 0.280 bits per heavy atom. The molecular weight excluding hydrogens is 1250 g/mol. The highest BCUT2D eigenvalue weighted by atomic mass is 79.9. The van der Waals surface area contributed by atoms with Crippen molar-refractivity contribution in [1.29, 1.82) is 0 Å². The molecule has 93 heavy (non-hydrogen) atoms. The summed E-state index contributed by atoms with van der Waals surface area (Å²) in [5.41, 5.74) is 14.7. The van der Waals surface area contributed by atoms with Crippen LogP contribution in [0.1, 0.15) is 7.43 Å². The number of nitrogens with zero attached hydrogens (tertiary/aromatic N) is 8. The van der Waals surface area contributed by atoms with Crippen molar-refractivity contribution in [2.75, 3.05) is 0 Å². The van der Waals surface area contributed by atoms with Crippen molar-refractivity contribution in [3.8, 4) is 90.8 Å². The van der Waals surface area contributed by atoms with Crippen LogP contribution in [0.2, 0.25) is 10.0 Å². The highest BCUT2D eigenvalue weighted by Gasteiger charge is 2.20. The van der Waals surface area contributed by atoms with Crippen molar-refractivity contribution in [3.63, 3.8) is 0 Å². The van der Waals surface area contributed by atoms with Gasteiger partial charge >= 0.3 is 7.12 Å². The zero-order chi connectivity index (χ0) is 62.5. The summed E-state index contributed by atoms with van der Waals surface area (Å²) in [5, 5.41) is 24.6. The summed E-state index contributed by atoms with van der Waals surface area (Å²) < 4.78 is 5.39. The minimum atomic E-state index is -1.46.